The monoisotopic (exact) mass is 1060 g/mol. The van der Waals surface area contributed by atoms with E-state index in [1.807, 2.05) is 33.0 Å². The van der Waals surface area contributed by atoms with Crippen molar-refractivity contribution in [1.29, 1.82) is 5.26 Å². The van der Waals surface area contributed by atoms with Gasteiger partial charge in [-0.15, -0.1) is 0 Å². The van der Waals surface area contributed by atoms with E-state index in [0.29, 0.717) is 43.8 Å². The minimum atomic E-state index is -0.878. The number of nitriles is 1. The van der Waals surface area contributed by atoms with Crippen molar-refractivity contribution in [3.05, 3.63) is 18.6 Å². The molecule has 14 heteroatoms. The molecule has 0 saturated carbocycles. The minimum Gasteiger partial charge on any atom is -0.462 e. The van der Waals surface area contributed by atoms with Gasteiger partial charge >= 0.3 is 17.9 Å². The first-order valence-corrected chi connectivity index (χ1v) is 30.6. The van der Waals surface area contributed by atoms with Crippen LogP contribution in [0.15, 0.2) is 18.6 Å². The van der Waals surface area contributed by atoms with Gasteiger partial charge in [-0.1, -0.05) is 208 Å². The number of likely N-dealkylation sites (tertiary alicyclic amines) is 1. The number of rotatable bonds is 44. The van der Waals surface area contributed by atoms with Gasteiger partial charge in [0.25, 0.3) is 0 Å². The number of nitrogens with zero attached hydrogens (tertiary/aromatic N) is 6. The van der Waals surface area contributed by atoms with E-state index in [1.54, 1.807) is 15.7 Å². The standard InChI is InChI=1S/C62H104N6O8/c1-7-9-11-13-15-17-19-21-23-25-27-29-31-37-57(70)74-47-53(48-75-58(71)38-32-30-28-26-24-22-20-18-16-14-12-10-8-2)76-59(72)45-50(3)35-33-34-36-52(5)62(73)68-44-41-54-60(64-49-65-61(54)68)66(6)55-46-67(43-40-51(55)4)56(69)39-42-63/h41,44,49-53,55H,7-40,43,45-48H2,1-6H3/t50?,51-,52?,55+/m1/s1. The maximum atomic E-state index is 13.8. The second kappa shape index (κ2) is 40.6. The fourth-order valence-corrected chi connectivity index (χ4v) is 10.6. The Hall–Kier alpha value is -4.54. The highest BCUT2D eigenvalue weighted by atomic mass is 16.6. The Kier molecular flexibility index (Phi) is 35.2. The number of amides is 1. The molecule has 3 heterocycles. The Balaban J connectivity index is 1.42. The van der Waals surface area contributed by atoms with Crippen LogP contribution in [0.5, 0.6) is 0 Å². The Morgan fingerprint density at radius 2 is 1.17 bits per heavy atom. The van der Waals surface area contributed by atoms with Crippen molar-refractivity contribution in [2.75, 3.05) is 38.3 Å². The number of hydrogen-bond donors (Lipinski definition) is 0. The molecule has 1 aliphatic heterocycles. The Labute approximate surface area is 459 Å². The van der Waals surface area contributed by atoms with Crippen LogP contribution in [0.2, 0.25) is 0 Å². The lowest BCUT2D eigenvalue weighted by molar-refractivity contribution is -0.167. The van der Waals surface area contributed by atoms with Gasteiger partial charge in [0.15, 0.2) is 11.8 Å². The number of unbranched alkanes of at least 4 members (excludes halogenated alkanes) is 25. The van der Waals surface area contributed by atoms with Gasteiger partial charge in [-0.05, 0) is 43.6 Å². The lowest BCUT2D eigenvalue weighted by atomic mass is 9.92. The van der Waals surface area contributed by atoms with Crippen LogP contribution in [0.4, 0.5) is 5.82 Å². The van der Waals surface area contributed by atoms with Crippen molar-refractivity contribution in [2.24, 2.45) is 17.8 Å². The van der Waals surface area contributed by atoms with Gasteiger partial charge in [-0.25, -0.2) is 9.97 Å². The molecule has 0 radical (unpaired) electrons. The van der Waals surface area contributed by atoms with Crippen LogP contribution in [0.25, 0.3) is 11.0 Å². The van der Waals surface area contributed by atoms with Crippen LogP contribution >= 0.6 is 0 Å². The predicted molar refractivity (Wildman–Crippen MR) is 305 cm³/mol. The maximum Gasteiger partial charge on any atom is 0.306 e. The average molecular weight is 1060 g/mol. The zero-order chi connectivity index (χ0) is 55.2. The van der Waals surface area contributed by atoms with E-state index >= 15 is 0 Å². The van der Waals surface area contributed by atoms with Crippen molar-refractivity contribution >= 4 is 46.6 Å². The molecule has 430 valence electrons. The van der Waals surface area contributed by atoms with Crippen LogP contribution in [-0.4, -0.2) is 94.7 Å². The van der Waals surface area contributed by atoms with Gasteiger partial charge < -0.3 is 24.0 Å². The normalized spacial score (nSPS) is 15.4. The molecule has 1 amide bonds. The third kappa shape index (κ3) is 27.2. The highest BCUT2D eigenvalue weighted by Crippen LogP contribution is 2.31. The van der Waals surface area contributed by atoms with Crippen LogP contribution < -0.4 is 4.90 Å². The number of piperidine rings is 1. The first-order valence-electron chi connectivity index (χ1n) is 30.6. The molecule has 1 saturated heterocycles. The Morgan fingerprint density at radius 1 is 0.684 bits per heavy atom. The molecule has 0 N–H and O–H groups in total. The number of likely N-dealkylation sites (N-methyl/N-ethyl adjacent to an activating group) is 1. The molecule has 0 aliphatic carbocycles. The smallest absolute Gasteiger partial charge is 0.306 e. The number of fused-ring (bicyclic) bond motifs is 1. The number of esters is 3. The lowest BCUT2D eigenvalue weighted by Crippen LogP contribution is -2.52. The quantitative estimate of drug-likeness (QED) is 0.0349. The number of carbonyl (C=O) groups is 5. The molecular formula is C62H104N6O8. The summed E-state index contributed by atoms with van der Waals surface area (Å²) in [4.78, 5) is 78.2. The van der Waals surface area contributed by atoms with Crippen LogP contribution in [-0.2, 0) is 33.4 Å². The van der Waals surface area contributed by atoms with Gasteiger partial charge in [0.1, 0.15) is 31.8 Å². The summed E-state index contributed by atoms with van der Waals surface area (Å²) >= 11 is 0. The van der Waals surface area contributed by atoms with E-state index in [9.17, 15) is 24.0 Å². The molecule has 2 aromatic rings. The van der Waals surface area contributed by atoms with Crippen molar-refractivity contribution in [2.45, 2.75) is 271 Å². The van der Waals surface area contributed by atoms with E-state index in [4.69, 9.17) is 19.5 Å². The van der Waals surface area contributed by atoms with Crippen molar-refractivity contribution in [3.8, 4) is 6.07 Å². The molecule has 1 aliphatic rings. The van der Waals surface area contributed by atoms with Crippen LogP contribution in [0.1, 0.15) is 264 Å². The summed E-state index contributed by atoms with van der Waals surface area (Å²) in [7, 11) is 1.96. The van der Waals surface area contributed by atoms with Crippen molar-refractivity contribution in [3.63, 3.8) is 0 Å². The van der Waals surface area contributed by atoms with Crippen molar-refractivity contribution < 1.29 is 38.2 Å². The molecular weight excluding hydrogens is 957 g/mol. The number of ether oxygens (including phenoxy) is 3. The van der Waals surface area contributed by atoms with Crippen LogP contribution in [0, 0.1) is 29.1 Å². The number of anilines is 1. The summed E-state index contributed by atoms with van der Waals surface area (Å²) < 4.78 is 18.6. The highest BCUT2D eigenvalue weighted by molar-refractivity contribution is 5.96. The first-order chi connectivity index (χ1) is 36.9. The van der Waals surface area contributed by atoms with E-state index in [-0.39, 0.29) is 73.6 Å². The molecule has 1 fully saturated rings. The summed E-state index contributed by atoms with van der Waals surface area (Å²) in [6, 6.07) is 3.83. The maximum absolute atomic E-state index is 13.8. The number of carbonyl (C=O) groups excluding carboxylic acids is 5. The van der Waals surface area contributed by atoms with E-state index in [2.05, 4.69) is 35.6 Å². The summed E-state index contributed by atoms with van der Waals surface area (Å²) in [5.74, 6) is -0.580. The van der Waals surface area contributed by atoms with Gasteiger partial charge in [-0.3, -0.25) is 28.5 Å². The van der Waals surface area contributed by atoms with E-state index in [1.165, 1.54) is 135 Å². The minimum absolute atomic E-state index is 0.0132. The molecule has 14 nitrogen and oxygen atoms in total. The summed E-state index contributed by atoms with van der Waals surface area (Å²) in [5.41, 5.74) is 0.536. The third-order valence-electron chi connectivity index (χ3n) is 15.7. The van der Waals surface area contributed by atoms with Gasteiger partial charge in [0, 0.05) is 51.5 Å². The fourth-order valence-electron chi connectivity index (χ4n) is 10.6. The Bertz CT molecular complexity index is 1920. The SMILES string of the molecule is CCCCCCCCCCCCCCCC(=O)OCC(COC(=O)CCCCCCCCCCCCCCC)OC(=O)CC(C)CCCCC(C)C(=O)n1ccc2c(N(C)[C@H]3CN(C(=O)CC#N)CC[C@H]3C)ncnc21. The molecule has 0 spiro atoms. The largest absolute Gasteiger partial charge is 0.462 e. The molecule has 0 bridgehead atoms. The average Bonchev–Trinajstić information content (AvgIpc) is 3.85. The lowest BCUT2D eigenvalue weighted by Gasteiger charge is -2.42. The second-order valence-electron chi connectivity index (χ2n) is 22.5. The Morgan fingerprint density at radius 3 is 1.67 bits per heavy atom. The van der Waals surface area contributed by atoms with Crippen molar-refractivity contribution in [1.82, 2.24) is 19.4 Å². The molecule has 0 aromatic carbocycles. The zero-order valence-electron chi connectivity index (χ0n) is 48.6. The number of hydrogen-bond acceptors (Lipinski definition) is 12. The summed E-state index contributed by atoms with van der Waals surface area (Å²) in [6.07, 6.45) is 38.7. The van der Waals surface area contributed by atoms with Crippen LogP contribution in [0.3, 0.4) is 0 Å². The fraction of sp³-hybridized carbons (Fsp3) is 0.806. The van der Waals surface area contributed by atoms with Gasteiger partial charge in [0.2, 0.25) is 11.8 Å². The molecule has 3 rings (SSSR count). The molecule has 4 atom stereocenters. The zero-order valence-corrected chi connectivity index (χ0v) is 48.6. The summed E-state index contributed by atoms with van der Waals surface area (Å²) in [6.45, 7) is 11.4. The highest BCUT2D eigenvalue weighted by Gasteiger charge is 2.33. The third-order valence-corrected chi connectivity index (χ3v) is 15.7. The molecule has 76 heavy (non-hydrogen) atoms. The summed E-state index contributed by atoms with van der Waals surface area (Å²) in [5, 5.41) is 9.84. The second-order valence-corrected chi connectivity index (χ2v) is 22.5. The molecule has 2 unspecified atom stereocenters. The van der Waals surface area contributed by atoms with E-state index in [0.717, 1.165) is 69.6 Å². The molecule has 2 aromatic heterocycles. The van der Waals surface area contributed by atoms with Gasteiger partial charge in [-0.2, -0.15) is 5.26 Å². The van der Waals surface area contributed by atoms with E-state index < -0.39 is 12.1 Å². The predicted octanol–water partition coefficient (Wildman–Crippen LogP) is 14.8. The first kappa shape index (κ1) is 65.7. The number of aromatic nitrogens is 3. The topological polar surface area (TPSA) is 174 Å². The van der Waals surface area contributed by atoms with Gasteiger partial charge in [0.05, 0.1) is 17.5 Å².